The first-order chi connectivity index (χ1) is 7.89. The maximum absolute atomic E-state index is 11.0. The molecule has 5 N–H and O–H groups in total. The van der Waals surface area contributed by atoms with Gasteiger partial charge in [0.05, 0.1) is 0 Å². The molecule has 17 heavy (non-hydrogen) atoms. The Balaban J connectivity index is 2.94. The van der Waals surface area contributed by atoms with Crippen molar-refractivity contribution in [3.8, 4) is 0 Å². The molecule has 0 saturated carbocycles. The lowest BCUT2D eigenvalue weighted by Gasteiger charge is -2.34. The van der Waals surface area contributed by atoms with Gasteiger partial charge in [-0.05, 0) is 25.0 Å². The Kier molecular flexibility index (Phi) is 4.07. The Morgan fingerprint density at radius 1 is 1.59 bits per heavy atom. The van der Waals surface area contributed by atoms with Crippen LogP contribution in [0, 0.1) is 5.92 Å². The van der Waals surface area contributed by atoms with Crippen LogP contribution in [0.4, 0.5) is 5.69 Å². The number of nitrogens with zero attached hydrogens (tertiary/aromatic N) is 1. The van der Waals surface area contributed by atoms with Gasteiger partial charge in [-0.2, -0.15) is 0 Å². The summed E-state index contributed by atoms with van der Waals surface area (Å²) in [4.78, 5) is 14.9. The average Bonchev–Trinajstić information content (AvgIpc) is 2.29. The average molecular weight is 236 g/mol. The molecule has 1 aromatic heterocycles. The van der Waals surface area contributed by atoms with Gasteiger partial charge in [-0.3, -0.25) is 9.78 Å². The van der Waals surface area contributed by atoms with E-state index in [2.05, 4.69) is 24.1 Å². The molecule has 0 bridgehead atoms. The lowest BCUT2D eigenvalue weighted by molar-refractivity contribution is 0.0995. The molecule has 5 heteroatoms. The van der Waals surface area contributed by atoms with E-state index in [4.69, 9.17) is 11.5 Å². The standard InChI is InChI=1S/C12H20N4O/c1-8(2)12(3,7-13)16-9-4-5-15-10(6-9)11(14)17/h4-6,8H,7,13H2,1-3H3,(H2,14,17)(H,15,16). The van der Waals surface area contributed by atoms with E-state index < -0.39 is 5.91 Å². The van der Waals surface area contributed by atoms with Crippen LogP contribution in [0.5, 0.6) is 0 Å². The second-order valence-corrected chi connectivity index (χ2v) is 4.70. The second kappa shape index (κ2) is 5.14. The monoisotopic (exact) mass is 236 g/mol. The van der Waals surface area contributed by atoms with E-state index in [-0.39, 0.29) is 11.2 Å². The predicted octanol–water partition coefficient (Wildman–Crippen LogP) is 0.966. The Morgan fingerprint density at radius 2 is 2.24 bits per heavy atom. The van der Waals surface area contributed by atoms with Gasteiger partial charge in [0.25, 0.3) is 5.91 Å². The van der Waals surface area contributed by atoms with Gasteiger partial charge in [-0.25, -0.2) is 0 Å². The number of carbonyl (C=O) groups excluding carboxylic acids is 1. The van der Waals surface area contributed by atoms with E-state index in [1.807, 2.05) is 6.92 Å². The van der Waals surface area contributed by atoms with Gasteiger partial charge < -0.3 is 16.8 Å². The zero-order chi connectivity index (χ0) is 13.1. The molecular weight excluding hydrogens is 216 g/mol. The van der Waals surface area contributed by atoms with Crippen molar-refractivity contribution in [2.75, 3.05) is 11.9 Å². The highest BCUT2D eigenvalue weighted by Crippen LogP contribution is 2.21. The van der Waals surface area contributed by atoms with Crippen LogP contribution in [0.3, 0.4) is 0 Å². The predicted molar refractivity (Wildman–Crippen MR) is 68.7 cm³/mol. The number of nitrogens with one attached hydrogen (secondary N) is 1. The number of amides is 1. The second-order valence-electron chi connectivity index (χ2n) is 4.70. The van der Waals surface area contributed by atoms with E-state index in [0.29, 0.717) is 12.5 Å². The molecule has 1 rings (SSSR count). The Hall–Kier alpha value is -1.62. The summed E-state index contributed by atoms with van der Waals surface area (Å²) in [6.45, 7) is 6.73. The van der Waals surface area contributed by atoms with Crippen LogP contribution < -0.4 is 16.8 Å². The first-order valence-electron chi connectivity index (χ1n) is 5.63. The number of pyridine rings is 1. The molecule has 1 unspecified atom stereocenters. The van der Waals surface area contributed by atoms with Crippen molar-refractivity contribution in [2.45, 2.75) is 26.3 Å². The number of rotatable bonds is 5. The normalized spacial score (nSPS) is 14.4. The molecule has 0 aliphatic heterocycles. The van der Waals surface area contributed by atoms with Gasteiger partial charge in [-0.15, -0.1) is 0 Å². The molecule has 94 valence electrons. The minimum Gasteiger partial charge on any atom is -0.378 e. The summed E-state index contributed by atoms with van der Waals surface area (Å²) in [6, 6.07) is 3.43. The SMILES string of the molecule is CC(C)C(C)(CN)Nc1ccnc(C(N)=O)c1. The molecule has 0 spiro atoms. The van der Waals surface area contributed by atoms with E-state index >= 15 is 0 Å². The van der Waals surface area contributed by atoms with Gasteiger partial charge in [0.1, 0.15) is 5.69 Å². The van der Waals surface area contributed by atoms with Crippen LogP contribution in [-0.4, -0.2) is 23.0 Å². The molecule has 1 atom stereocenters. The van der Waals surface area contributed by atoms with Crippen LogP contribution in [0.1, 0.15) is 31.3 Å². The first kappa shape index (κ1) is 13.4. The third-order valence-corrected chi connectivity index (χ3v) is 3.14. The summed E-state index contributed by atoms with van der Waals surface area (Å²) in [7, 11) is 0. The molecule has 5 nitrogen and oxygen atoms in total. The van der Waals surface area contributed by atoms with Gasteiger partial charge in [0.2, 0.25) is 0 Å². The molecule has 1 heterocycles. The van der Waals surface area contributed by atoms with Crippen molar-refractivity contribution < 1.29 is 4.79 Å². The third kappa shape index (κ3) is 3.17. The number of nitrogens with two attached hydrogens (primary N) is 2. The molecule has 1 aromatic rings. The lowest BCUT2D eigenvalue weighted by Crippen LogP contribution is -2.47. The summed E-state index contributed by atoms with van der Waals surface area (Å²) in [5.41, 5.74) is 11.8. The number of aromatic nitrogens is 1. The Morgan fingerprint density at radius 3 is 2.71 bits per heavy atom. The maximum Gasteiger partial charge on any atom is 0.267 e. The fraction of sp³-hybridized carbons (Fsp3) is 0.500. The van der Waals surface area contributed by atoms with Crippen LogP contribution in [0.2, 0.25) is 0 Å². The van der Waals surface area contributed by atoms with Crippen LogP contribution in [0.15, 0.2) is 18.3 Å². The molecule has 1 amide bonds. The highest BCUT2D eigenvalue weighted by atomic mass is 16.1. The minimum atomic E-state index is -0.535. The van der Waals surface area contributed by atoms with Gasteiger partial charge in [0, 0.05) is 24.0 Å². The van der Waals surface area contributed by atoms with Gasteiger partial charge in [0.15, 0.2) is 0 Å². The highest BCUT2D eigenvalue weighted by Gasteiger charge is 2.26. The van der Waals surface area contributed by atoms with Crippen molar-refractivity contribution in [2.24, 2.45) is 17.4 Å². The largest absolute Gasteiger partial charge is 0.378 e. The number of hydrogen-bond acceptors (Lipinski definition) is 4. The number of carbonyl (C=O) groups is 1. The highest BCUT2D eigenvalue weighted by molar-refractivity contribution is 5.91. The van der Waals surface area contributed by atoms with Crippen LogP contribution in [-0.2, 0) is 0 Å². The Labute approximate surface area is 102 Å². The molecule has 0 aliphatic carbocycles. The molecule has 0 radical (unpaired) electrons. The zero-order valence-electron chi connectivity index (χ0n) is 10.5. The summed E-state index contributed by atoms with van der Waals surface area (Å²) >= 11 is 0. The fourth-order valence-corrected chi connectivity index (χ4v) is 1.40. The Bertz CT molecular complexity index is 405. The summed E-state index contributed by atoms with van der Waals surface area (Å²) in [5.74, 6) is -0.176. The minimum absolute atomic E-state index is 0.226. The zero-order valence-corrected chi connectivity index (χ0v) is 10.5. The molecule has 0 aromatic carbocycles. The van der Waals surface area contributed by atoms with E-state index in [0.717, 1.165) is 5.69 Å². The quantitative estimate of drug-likeness (QED) is 0.710. The maximum atomic E-state index is 11.0. The van der Waals surface area contributed by atoms with Crippen molar-refractivity contribution in [3.05, 3.63) is 24.0 Å². The number of hydrogen-bond donors (Lipinski definition) is 3. The topological polar surface area (TPSA) is 94.0 Å². The fourth-order valence-electron chi connectivity index (χ4n) is 1.40. The lowest BCUT2D eigenvalue weighted by atomic mass is 9.88. The number of anilines is 1. The summed E-state index contributed by atoms with van der Waals surface area (Å²) in [6.07, 6.45) is 1.56. The third-order valence-electron chi connectivity index (χ3n) is 3.14. The summed E-state index contributed by atoms with van der Waals surface area (Å²) < 4.78 is 0. The van der Waals surface area contributed by atoms with E-state index in [1.165, 1.54) is 0 Å². The van der Waals surface area contributed by atoms with E-state index in [9.17, 15) is 4.79 Å². The smallest absolute Gasteiger partial charge is 0.267 e. The van der Waals surface area contributed by atoms with Crippen molar-refractivity contribution in [1.82, 2.24) is 4.98 Å². The van der Waals surface area contributed by atoms with Crippen LogP contribution >= 0.6 is 0 Å². The van der Waals surface area contributed by atoms with Crippen molar-refractivity contribution in [1.29, 1.82) is 0 Å². The van der Waals surface area contributed by atoms with Crippen LogP contribution in [0.25, 0.3) is 0 Å². The van der Waals surface area contributed by atoms with Gasteiger partial charge in [-0.1, -0.05) is 13.8 Å². The van der Waals surface area contributed by atoms with Gasteiger partial charge >= 0.3 is 0 Å². The molecule has 0 fully saturated rings. The summed E-state index contributed by atoms with van der Waals surface area (Å²) in [5, 5.41) is 3.33. The number of primary amides is 1. The molecule has 0 aliphatic rings. The molecule has 0 saturated heterocycles. The van der Waals surface area contributed by atoms with Crippen molar-refractivity contribution in [3.63, 3.8) is 0 Å². The first-order valence-corrected chi connectivity index (χ1v) is 5.63. The van der Waals surface area contributed by atoms with E-state index in [1.54, 1.807) is 18.3 Å². The van der Waals surface area contributed by atoms with Crippen molar-refractivity contribution >= 4 is 11.6 Å². The molecular formula is C12H20N4O.